The minimum atomic E-state index is -5.43. The van der Waals surface area contributed by atoms with E-state index in [1.165, 1.54) is 24.4 Å². The van der Waals surface area contributed by atoms with E-state index in [-0.39, 0.29) is 17.8 Å². The highest BCUT2D eigenvalue weighted by Crippen LogP contribution is 2.42. The van der Waals surface area contributed by atoms with Gasteiger partial charge in [0.25, 0.3) is 0 Å². The third-order valence-electron chi connectivity index (χ3n) is 3.20. The lowest BCUT2D eigenvalue weighted by Gasteiger charge is -2.21. The molecule has 0 amide bonds. The first-order chi connectivity index (χ1) is 12.3. The van der Waals surface area contributed by atoms with Crippen LogP contribution in [0.15, 0.2) is 36.5 Å². The predicted octanol–water partition coefficient (Wildman–Crippen LogP) is 5.57. The fourth-order valence-electron chi connectivity index (χ4n) is 2.03. The minimum absolute atomic E-state index is 0.235. The van der Waals surface area contributed by atoms with E-state index in [0.717, 1.165) is 0 Å². The summed E-state index contributed by atoms with van der Waals surface area (Å²) >= 11 is 0. The number of halogens is 9. The monoisotopic (exact) mass is 421 g/mol. The molecule has 0 fully saturated rings. The van der Waals surface area contributed by atoms with E-state index >= 15 is 0 Å². The van der Waals surface area contributed by atoms with Crippen LogP contribution in [0.2, 0.25) is 0 Å². The lowest BCUT2D eigenvalue weighted by atomic mass is 10.0. The molecule has 0 aliphatic carbocycles. The molecule has 0 bridgehead atoms. The average molecular weight is 421 g/mol. The summed E-state index contributed by atoms with van der Waals surface area (Å²) < 4.78 is 122. The molecule has 12 heteroatoms. The number of hydrogen-bond acceptors (Lipinski definition) is 2. The quantitative estimate of drug-likeness (QED) is 0.476. The number of rotatable bonds is 4. The SMILES string of the molecule is FC(F)(F)c1cc(C(F)(F)F)c(POCc2ccccn2)c(C(F)(F)F)c1. The fourth-order valence-corrected chi connectivity index (χ4v) is 3.04. The maximum absolute atomic E-state index is 13.1. The standard InChI is InChI=1S/C15H9F9NOP/c16-13(17,18)8-5-10(14(19,20)21)12(11(6-8)15(22,23)24)27-26-7-9-3-1-2-4-25-9/h1-6,27H,7H2. The highest BCUT2D eigenvalue weighted by Gasteiger charge is 2.44. The predicted molar refractivity (Wildman–Crippen MR) is 78.4 cm³/mol. The molecular weight excluding hydrogens is 412 g/mol. The highest BCUT2D eigenvalue weighted by atomic mass is 31.1. The second kappa shape index (κ2) is 7.63. The largest absolute Gasteiger partial charge is 0.417 e. The van der Waals surface area contributed by atoms with Gasteiger partial charge in [-0.25, -0.2) is 0 Å². The van der Waals surface area contributed by atoms with Crippen LogP contribution in [0, 0.1) is 0 Å². The molecule has 148 valence electrons. The van der Waals surface area contributed by atoms with Crippen LogP contribution in [0.3, 0.4) is 0 Å². The van der Waals surface area contributed by atoms with Gasteiger partial charge in [-0.15, -0.1) is 0 Å². The van der Waals surface area contributed by atoms with Crippen molar-refractivity contribution < 1.29 is 44.0 Å². The Morgan fingerprint density at radius 3 is 1.78 bits per heavy atom. The topological polar surface area (TPSA) is 22.1 Å². The molecule has 2 aromatic rings. The van der Waals surface area contributed by atoms with Gasteiger partial charge in [0.2, 0.25) is 0 Å². The van der Waals surface area contributed by atoms with Crippen molar-refractivity contribution in [3.05, 3.63) is 58.9 Å². The molecule has 0 aliphatic heterocycles. The average Bonchev–Trinajstić information content (AvgIpc) is 2.52. The summed E-state index contributed by atoms with van der Waals surface area (Å²) in [6, 6.07) is 3.79. The maximum Gasteiger partial charge on any atom is 0.417 e. The molecule has 0 aliphatic rings. The summed E-state index contributed by atoms with van der Waals surface area (Å²) in [5, 5.41) is -1.39. The maximum atomic E-state index is 13.1. The van der Waals surface area contributed by atoms with Crippen LogP contribution in [0.5, 0.6) is 0 Å². The van der Waals surface area contributed by atoms with Crippen molar-refractivity contribution in [1.29, 1.82) is 0 Å². The van der Waals surface area contributed by atoms with Gasteiger partial charge in [0.15, 0.2) is 0 Å². The number of aromatic nitrogens is 1. The van der Waals surface area contributed by atoms with E-state index in [2.05, 4.69) is 4.98 Å². The third kappa shape index (κ3) is 5.55. The second-order valence-corrected chi connectivity index (χ2v) is 6.14. The van der Waals surface area contributed by atoms with Crippen LogP contribution in [0.4, 0.5) is 39.5 Å². The number of hydrogen-bond donors (Lipinski definition) is 0. The van der Waals surface area contributed by atoms with E-state index in [4.69, 9.17) is 4.52 Å². The van der Waals surface area contributed by atoms with Gasteiger partial charge < -0.3 is 4.52 Å². The smallest absolute Gasteiger partial charge is 0.351 e. The summed E-state index contributed by atoms with van der Waals surface area (Å²) in [7, 11) is -1.49. The van der Waals surface area contributed by atoms with E-state index in [1.807, 2.05) is 0 Å². The van der Waals surface area contributed by atoms with Crippen molar-refractivity contribution in [1.82, 2.24) is 4.98 Å². The Labute approximate surface area is 148 Å². The summed E-state index contributed by atoms with van der Waals surface area (Å²) in [5.41, 5.74) is -5.88. The molecule has 1 aromatic carbocycles. The van der Waals surface area contributed by atoms with Crippen molar-refractivity contribution in [3.8, 4) is 0 Å². The molecule has 0 saturated carbocycles. The van der Waals surface area contributed by atoms with Crippen molar-refractivity contribution in [2.75, 3.05) is 0 Å². The number of benzene rings is 1. The normalized spacial score (nSPS) is 13.5. The first-order valence-corrected chi connectivity index (χ1v) is 7.88. The van der Waals surface area contributed by atoms with Crippen LogP contribution < -0.4 is 5.30 Å². The van der Waals surface area contributed by atoms with Crippen LogP contribution in [0.1, 0.15) is 22.4 Å². The Hall–Kier alpha value is -1.87. The first-order valence-electron chi connectivity index (χ1n) is 6.97. The zero-order chi connectivity index (χ0) is 20.5. The molecule has 2 rings (SSSR count). The van der Waals surface area contributed by atoms with Gasteiger partial charge in [-0.1, -0.05) is 6.07 Å². The fraction of sp³-hybridized carbons (Fsp3) is 0.267. The number of pyridine rings is 1. The first kappa shape index (κ1) is 21.4. The van der Waals surface area contributed by atoms with Crippen LogP contribution in [0.25, 0.3) is 0 Å². The molecule has 2 nitrogen and oxygen atoms in total. The van der Waals surface area contributed by atoms with Crippen LogP contribution in [-0.4, -0.2) is 4.98 Å². The second-order valence-electron chi connectivity index (χ2n) is 5.15. The third-order valence-corrected chi connectivity index (χ3v) is 4.23. The van der Waals surface area contributed by atoms with Gasteiger partial charge in [-0.2, -0.15) is 39.5 Å². The Kier molecular flexibility index (Phi) is 6.06. The molecule has 0 N–H and O–H groups in total. The van der Waals surface area contributed by atoms with Gasteiger partial charge >= 0.3 is 18.5 Å². The Bertz CT molecular complexity index is 750. The zero-order valence-electron chi connectivity index (χ0n) is 12.9. The Balaban J connectivity index is 2.49. The minimum Gasteiger partial charge on any atom is -0.351 e. The summed E-state index contributed by atoms with van der Waals surface area (Å²) in [6.07, 6.45) is -14.9. The van der Waals surface area contributed by atoms with Crippen LogP contribution in [-0.2, 0) is 29.7 Å². The summed E-state index contributed by atoms with van der Waals surface area (Å²) in [6.45, 7) is -0.408. The number of alkyl halides is 9. The molecule has 27 heavy (non-hydrogen) atoms. The molecule has 0 spiro atoms. The molecule has 0 saturated heterocycles. The molecule has 1 heterocycles. The molecular formula is C15H9F9NOP. The Morgan fingerprint density at radius 2 is 1.37 bits per heavy atom. The lowest BCUT2D eigenvalue weighted by molar-refractivity contribution is -0.147. The summed E-state index contributed by atoms with van der Waals surface area (Å²) in [5.74, 6) is 0. The molecule has 1 aromatic heterocycles. The van der Waals surface area contributed by atoms with E-state index in [0.29, 0.717) is 0 Å². The molecule has 0 radical (unpaired) electrons. The summed E-state index contributed by atoms with van der Waals surface area (Å²) in [4.78, 5) is 3.78. The van der Waals surface area contributed by atoms with Gasteiger partial charge in [0.1, 0.15) is 0 Å². The highest BCUT2D eigenvalue weighted by molar-refractivity contribution is 7.42. The Morgan fingerprint density at radius 1 is 0.815 bits per heavy atom. The van der Waals surface area contributed by atoms with E-state index < -0.39 is 55.9 Å². The van der Waals surface area contributed by atoms with E-state index in [9.17, 15) is 39.5 Å². The van der Waals surface area contributed by atoms with Gasteiger partial charge in [-0.05, 0) is 24.3 Å². The van der Waals surface area contributed by atoms with Crippen molar-refractivity contribution >= 4 is 14.1 Å². The van der Waals surface area contributed by atoms with Gasteiger partial charge in [0.05, 0.1) is 29.0 Å². The van der Waals surface area contributed by atoms with Crippen LogP contribution >= 0.6 is 8.81 Å². The van der Waals surface area contributed by atoms with Crippen molar-refractivity contribution in [2.45, 2.75) is 25.1 Å². The van der Waals surface area contributed by atoms with Gasteiger partial charge in [0, 0.05) is 20.3 Å². The lowest BCUT2D eigenvalue weighted by Crippen LogP contribution is -2.26. The van der Waals surface area contributed by atoms with Crippen molar-refractivity contribution in [2.24, 2.45) is 0 Å². The molecule has 1 unspecified atom stereocenters. The number of nitrogens with zero attached hydrogens (tertiary/aromatic N) is 1. The van der Waals surface area contributed by atoms with Crippen molar-refractivity contribution in [3.63, 3.8) is 0 Å². The van der Waals surface area contributed by atoms with E-state index in [1.54, 1.807) is 0 Å². The molecule has 1 atom stereocenters. The zero-order valence-corrected chi connectivity index (χ0v) is 13.9. The van der Waals surface area contributed by atoms with Gasteiger partial charge in [-0.3, -0.25) is 4.98 Å².